The Morgan fingerprint density at radius 2 is 1.95 bits per heavy atom. The molecule has 1 N–H and O–H groups in total. The molecule has 37 heavy (non-hydrogen) atoms. The molecule has 1 fully saturated rings. The first kappa shape index (κ1) is 24.9. The first-order valence-electron chi connectivity index (χ1n) is 12.2. The molecule has 5 rings (SSSR count). The highest BCUT2D eigenvalue weighted by Gasteiger charge is 2.27. The largest absolute Gasteiger partial charge is 0.391 e. The molecular weight excluding hydrogens is 483 g/mol. The SMILES string of the molecule is O=C(CCC(F)(F)F)Cc1cccc(-c2cnc3cc(-c4ccc(N5CCCC(O)C5)nn4)ccn23)c1. The Hall–Kier alpha value is -3.79. The highest BCUT2D eigenvalue weighted by Crippen LogP contribution is 2.27. The van der Waals surface area contributed by atoms with E-state index in [1.807, 2.05) is 51.9 Å². The number of carbonyl (C=O) groups excluding carboxylic acids is 1. The van der Waals surface area contributed by atoms with Crippen molar-refractivity contribution in [3.05, 3.63) is 66.5 Å². The van der Waals surface area contributed by atoms with Gasteiger partial charge in [0.1, 0.15) is 11.4 Å². The first-order valence-corrected chi connectivity index (χ1v) is 12.2. The number of rotatable bonds is 7. The monoisotopic (exact) mass is 509 g/mol. The predicted octanol–water partition coefficient (Wildman–Crippen LogP) is 4.87. The number of aliphatic hydroxyl groups is 1. The zero-order chi connectivity index (χ0) is 26.0. The lowest BCUT2D eigenvalue weighted by Crippen LogP contribution is -2.38. The Morgan fingerprint density at radius 3 is 2.70 bits per heavy atom. The number of β-amino-alcohol motifs (C(OH)–C–C–N with tert-alkyl or cyclic N) is 1. The number of hydrogen-bond acceptors (Lipinski definition) is 6. The zero-order valence-electron chi connectivity index (χ0n) is 20.0. The molecule has 1 aromatic carbocycles. The van der Waals surface area contributed by atoms with E-state index >= 15 is 0 Å². The second-order valence-corrected chi connectivity index (χ2v) is 9.34. The maximum atomic E-state index is 12.4. The summed E-state index contributed by atoms with van der Waals surface area (Å²) in [7, 11) is 0. The van der Waals surface area contributed by atoms with E-state index < -0.39 is 24.8 Å². The molecular formula is C27H26F3N5O2. The van der Waals surface area contributed by atoms with Crippen LogP contribution >= 0.6 is 0 Å². The summed E-state index contributed by atoms with van der Waals surface area (Å²) in [5, 5.41) is 18.6. The van der Waals surface area contributed by atoms with Crippen LogP contribution in [0.15, 0.2) is 60.9 Å². The van der Waals surface area contributed by atoms with E-state index in [0.717, 1.165) is 42.0 Å². The van der Waals surface area contributed by atoms with Crippen LogP contribution in [0, 0.1) is 0 Å². The smallest absolute Gasteiger partial charge is 0.389 e. The van der Waals surface area contributed by atoms with Gasteiger partial charge < -0.3 is 10.0 Å². The number of piperidine rings is 1. The van der Waals surface area contributed by atoms with Gasteiger partial charge in [-0.25, -0.2) is 4.98 Å². The number of imidazole rings is 1. The average molecular weight is 510 g/mol. The van der Waals surface area contributed by atoms with Gasteiger partial charge >= 0.3 is 6.18 Å². The second-order valence-electron chi connectivity index (χ2n) is 9.34. The molecule has 1 aliphatic rings. The maximum Gasteiger partial charge on any atom is 0.389 e. The minimum absolute atomic E-state index is 0.0458. The summed E-state index contributed by atoms with van der Waals surface area (Å²) in [5.74, 6) is 0.296. The van der Waals surface area contributed by atoms with E-state index in [4.69, 9.17) is 0 Å². The lowest BCUT2D eigenvalue weighted by atomic mass is 10.0. The van der Waals surface area contributed by atoms with Crippen molar-refractivity contribution in [1.82, 2.24) is 19.6 Å². The molecule has 7 nitrogen and oxygen atoms in total. The number of halogens is 3. The lowest BCUT2D eigenvalue weighted by Gasteiger charge is -2.30. The van der Waals surface area contributed by atoms with Crippen LogP contribution in [0.4, 0.5) is 19.0 Å². The summed E-state index contributed by atoms with van der Waals surface area (Å²) < 4.78 is 39.2. The number of anilines is 1. The third kappa shape index (κ3) is 5.96. The van der Waals surface area contributed by atoms with Crippen molar-refractivity contribution in [3.63, 3.8) is 0 Å². The number of aromatic nitrogens is 4. The molecule has 1 unspecified atom stereocenters. The number of fused-ring (bicyclic) bond motifs is 1. The highest BCUT2D eigenvalue weighted by molar-refractivity contribution is 5.81. The average Bonchev–Trinajstić information content (AvgIpc) is 3.31. The summed E-state index contributed by atoms with van der Waals surface area (Å²) in [4.78, 5) is 18.6. The molecule has 0 bridgehead atoms. The fourth-order valence-corrected chi connectivity index (χ4v) is 4.60. The van der Waals surface area contributed by atoms with Gasteiger partial charge in [-0.2, -0.15) is 13.2 Å². The van der Waals surface area contributed by atoms with E-state index in [1.165, 1.54) is 0 Å². The van der Waals surface area contributed by atoms with Crippen molar-refractivity contribution in [2.45, 2.75) is 44.4 Å². The number of pyridine rings is 1. The summed E-state index contributed by atoms with van der Waals surface area (Å²) in [6.45, 7) is 1.40. The quantitative estimate of drug-likeness (QED) is 0.383. The van der Waals surface area contributed by atoms with Crippen LogP contribution in [0.5, 0.6) is 0 Å². The van der Waals surface area contributed by atoms with Gasteiger partial charge in [-0.05, 0) is 48.7 Å². The van der Waals surface area contributed by atoms with Crippen LogP contribution < -0.4 is 4.90 Å². The van der Waals surface area contributed by atoms with Crippen LogP contribution in [0.2, 0.25) is 0 Å². The minimum atomic E-state index is -4.34. The first-order chi connectivity index (χ1) is 17.7. The summed E-state index contributed by atoms with van der Waals surface area (Å²) in [6, 6.07) is 14.8. The number of ketones is 1. The van der Waals surface area contributed by atoms with Crippen LogP contribution in [-0.4, -0.2) is 55.8 Å². The molecule has 1 aliphatic heterocycles. The summed E-state index contributed by atoms with van der Waals surface area (Å²) >= 11 is 0. The Bertz CT molecular complexity index is 1400. The van der Waals surface area contributed by atoms with Crippen molar-refractivity contribution in [2.24, 2.45) is 0 Å². The number of Topliss-reactive ketones (excluding diaryl/α,β-unsaturated/α-hetero) is 1. The molecule has 0 radical (unpaired) electrons. The molecule has 4 aromatic rings. The van der Waals surface area contributed by atoms with Crippen LogP contribution in [-0.2, 0) is 11.2 Å². The van der Waals surface area contributed by atoms with Gasteiger partial charge in [0.05, 0.1) is 30.1 Å². The van der Waals surface area contributed by atoms with E-state index in [1.54, 1.807) is 18.3 Å². The Labute approximate surface area is 211 Å². The third-order valence-corrected chi connectivity index (χ3v) is 6.49. The minimum Gasteiger partial charge on any atom is -0.391 e. The van der Waals surface area contributed by atoms with Crippen LogP contribution in [0.1, 0.15) is 31.2 Å². The number of nitrogens with zero attached hydrogens (tertiary/aromatic N) is 5. The normalized spacial score (nSPS) is 16.3. The molecule has 4 heterocycles. The molecule has 1 saturated heterocycles. The fraction of sp³-hybridized carbons (Fsp3) is 0.333. The topological polar surface area (TPSA) is 83.6 Å². The molecule has 0 saturated carbocycles. The highest BCUT2D eigenvalue weighted by atomic mass is 19.4. The molecule has 10 heteroatoms. The van der Waals surface area contributed by atoms with E-state index in [2.05, 4.69) is 15.2 Å². The predicted molar refractivity (Wildman–Crippen MR) is 133 cm³/mol. The van der Waals surface area contributed by atoms with Gasteiger partial charge in [0.2, 0.25) is 0 Å². The van der Waals surface area contributed by atoms with Gasteiger partial charge in [0.25, 0.3) is 0 Å². The number of carbonyl (C=O) groups is 1. The van der Waals surface area contributed by atoms with Crippen LogP contribution in [0.3, 0.4) is 0 Å². The number of benzene rings is 1. The lowest BCUT2D eigenvalue weighted by molar-refractivity contribution is -0.143. The summed E-state index contributed by atoms with van der Waals surface area (Å²) in [6.07, 6.45) is -1.02. The second kappa shape index (κ2) is 10.3. The number of alkyl halides is 3. The van der Waals surface area contributed by atoms with Crippen molar-refractivity contribution < 1.29 is 23.1 Å². The van der Waals surface area contributed by atoms with Crippen molar-refractivity contribution in [3.8, 4) is 22.5 Å². The van der Waals surface area contributed by atoms with Crippen molar-refractivity contribution in [1.29, 1.82) is 0 Å². The van der Waals surface area contributed by atoms with E-state index in [0.29, 0.717) is 23.4 Å². The van der Waals surface area contributed by atoms with Crippen molar-refractivity contribution >= 4 is 17.2 Å². The van der Waals surface area contributed by atoms with Gasteiger partial charge in [0, 0.05) is 43.3 Å². The maximum absolute atomic E-state index is 12.4. The molecule has 1 atom stereocenters. The van der Waals surface area contributed by atoms with Crippen LogP contribution in [0.25, 0.3) is 28.2 Å². The molecule has 0 aliphatic carbocycles. The summed E-state index contributed by atoms with van der Waals surface area (Å²) in [5.41, 5.74) is 4.53. The standard InChI is InChI=1S/C27H26F3N5O2/c28-27(29,30)10-8-21(36)14-18-3-1-4-20(13-18)24-16-31-26-15-19(9-12-35(24)26)23-6-7-25(33-32-23)34-11-2-5-22(37)17-34/h1,3-4,6-7,9,12-13,15-16,22,37H,2,5,8,10-11,14,17H2. The third-order valence-electron chi connectivity index (χ3n) is 6.49. The molecule has 0 spiro atoms. The van der Waals surface area contributed by atoms with Gasteiger partial charge in [-0.15, -0.1) is 10.2 Å². The van der Waals surface area contributed by atoms with Crippen molar-refractivity contribution in [2.75, 3.05) is 18.0 Å². The zero-order valence-corrected chi connectivity index (χ0v) is 20.0. The molecule has 0 amide bonds. The molecule has 3 aromatic heterocycles. The molecule has 192 valence electrons. The Kier molecular flexibility index (Phi) is 6.92. The fourth-order valence-electron chi connectivity index (χ4n) is 4.60. The van der Waals surface area contributed by atoms with E-state index in [9.17, 15) is 23.1 Å². The Balaban J connectivity index is 1.32. The Morgan fingerprint density at radius 1 is 1.08 bits per heavy atom. The van der Waals surface area contributed by atoms with Gasteiger partial charge in [0.15, 0.2) is 5.82 Å². The van der Waals surface area contributed by atoms with E-state index in [-0.39, 0.29) is 12.5 Å². The number of hydrogen-bond donors (Lipinski definition) is 1. The number of aliphatic hydroxyl groups excluding tert-OH is 1. The van der Waals surface area contributed by atoms with Gasteiger partial charge in [-0.3, -0.25) is 9.20 Å². The van der Waals surface area contributed by atoms with Gasteiger partial charge in [-0.1, -0.05) is 18.2 Å².